The van der Waals surface area contributed by atoms with E-state index in [2.05, 4.69) is 58.1 Å². The number of nitrogens with two attached hydrogens (primary N) is 1. The van der Waals surface area contributed by atoms with Crippen LogP contribution in [0.2, 0.25) is 0 Å². The smallest absolute Gasteiger partial charge is 0.164 e. The molecule has 4 aromatic rings. The van der Waals surface area contributed by atoms with Crippen molar-refractivity contribution in [3.05, 3.63) is 82.5 Å². The first-order valence-corrected chi connectivity index (χ1v) is 9.93. The highest BCUT2D eigenvalue weighted by Gasteiger charge is 2.29. The summed E-state index contributed by atoms with van der Waals surface area (Å²) in [6, 6.07) is 14.4. The standard InChI is InChI=1S/C23H23N7/c1-14-8-6-9-18-17(14)11-29(19-10-5-4-7-15(19)2)23(28-18)21(24)30-13-27-20-16(3)25-12-26-22(20)30/h4-13,21,23H,24H2,1-3H3. The van der Waals surface area contributed by atoms with Crippen molar-refractivity contribution in [2.24, 2.45) is 10.7 Å². The van der Waals surface area contributed by atoms with E-state index in [-0.39, 0.29) is 6.17 Å². The lowest BCUT2D eigenvalue weighted by Crippen LogP contribution is -2.49. The Labute approximate surface area is 174 Å². The van der Waals surface area contributed by atoms with Gasteiger partial charge in [0.1, 0.15) is 18.0 Å². The molecule has 2 unspecified atom stereocenters. The zero-order valence-corrected chi connectivity index (χ0v) is 17.2. The number of imidazole rings is 1. The molecule has 7 nitrogen and oxygen atoms in total. The molecule has 150 valence electrons. The Morgan fingerprint density at radius 3 is 2.57 bits per heavy atom. The minimum atomic E-state index is -0.492. The number of rotatable bonds is 3. The Morgan fingerprint density at radius 2 is 1.73 bits per heavy atom. The molecular formula is C23H23N7. The minimum Gasteiger partial charge on any atom is -0.321 e. The number of fused-ring (bicyclic) bond motifs is 2. The van der Waals surface area contributed by atoms with Gasteiger partial charge in [-0.15, -0.1) is 0 Å². The summed E-state index contributed by atoms with van der Waals surface area (Å²) in [6.45, 7) is 6.12. The van der Waals surface area contributed by atoms with E-state index in [0.29, 0.717) is 5.65 Å². The van der Waals surface area contributed by atoms with E-state index in [0.717, 1.165) is 33.0 Å². The fourth-order valence-electron chi connectivity index (χ4n) is 4.00. The zero-order chi connectivity index (χ0) is 20.8. The Kier molecular flexibility index (Phi) is 4.33. The van der Waals surface area contributed by atoms with Crippen molar-refractivity contribution < 1.29 is 0 Å². The van der Waals surface area contributed by atoms with Gasteiger partial charge in [0.25, 0.3) is 0 Å². The van der Waals surface area contributed by atoms with Crippen LogP contribution in [0.1, 0.15) is 23.0 Å². The van der Waals surface area contributed by atoms with Crippen LogP contribution in [0.3, 0.4) is 0 Å². The first-order chi connectivity index (χ1) is 14.5. The van der Waals surface area contributed by atoms with Gasteiger partial charge in [-0.1, -0.05) is 30.3 Å². The molecule has 2 aromatic carbocycles. The molecule has 1 aliphatic heterocycles. The van der Waals surface area contributed by atoms with Crippen LogP contribution in [0.15, 0.2) is 60.1 Å². The fraction of sp³-hybridized carbons (Fsp3) is 0.217. The van der Waals surface area contributed by atoms with Crippen LogP contribution in [-0.2, 0) is 0 Å². The highest BCUT2D eigenvalue weighted by molar-refractivity contribution is 5.73. The molecule has 0 fully saturated rings. The van der Waals surface area contributed by atoms with Gasteiger partial charge in [0.2, 0.25) is 0 Å². The molecule has 0 bridgehead atoms. The van der Waals surface area contributed by atoms with E-state index in [1.807, 2.05) is 35.8 Å². The molecule has 2 atom stereocenters. The summed E-state index contributed by atoms with van der Waals surface area (Å²) in [7, 11) is 0. The van der Waals surface area contributed by atoms with Crippen LogP contribution in [0, 0.1) is 20.8 Å². The number of anilines is 1. The number of aryl methyl sites for hydroxylation is 3. The lowest BCUT2D eigenvalue weighted by Gasteiger charge is -2.35. The number of benzene rings is 2. The van der Waals surface area contributed by atoms with Crippen molar-refractivity contribution >= 4 is 23.1 Å². The summed E-state index contributed by atoms with van der Waals surface area (Å²) >= 11 is 0. The average Bonchev–Trinajstić information content (AvgIpc) is 3.19. The summed E-state index contributed by atoms with van der Waals surface area (Å²) in [5.74, 6) is 0. The molecule has 0 saturated heterocycles. The second-order valence-electron chi connectivity index (χ2n) is 7.65. The van der Waals surface area contributed by atoms with E-state index >= 15 is 0 Å². The molecule has 30 heavy (non-hydrogen) atoms. The zero-order valence-electron chi connectivity index (χ0n) is 17.2. The Hall–Kier alpha value is -3.58. The first-order valence-electron chi connectivity index (χ1n) is 9.93. The van der Waals surface area contributed by atoms with Gasteiger partial charge in [0.15, 0.2) is 11.8 Å². The molecule has 3 heterocycles. The third kappa shape index (κ3) is 2.86. The predicted molar refractivity (Wildman–Crippen MR) is 117 cm³/mol. The van der Waals surface area contributed by atoms with Gasteiger partial charge in [-0.3, -0.25) is 9.56 Å². The molecule has 0 amide bonds. The van der Waals surface area contributed by atoms with Crippen molar-refractivity contribution in [1.29, 1.82) is 0 Å². The van der Waals surface area contributed by atoms with Crippen LogP contribution >= 0.6 is 0 Å². The fourth-order valence-corrected chi connectivity index (χ4v) is 4.00. The summed E-state index contributed by atoms with van der Waals surface area (Å²) < 4.78 is 1.89. The van der Waals surface area contributed by atoms with E-state index in [1.165, 1.54) is 5.56 Å². The molecule has 0 aliphatic carbocycles. The molecule has 0 saturated carbocycles. The van der Waals surface area contributed by atoms with E-state index in [9.17, 15) is 0 Å². The van der Waals surface area contributed by atoms with Crippen LogP contribution < -0.4 is 21.2 Å². The summed E-state index contributed by atoms with van der Waals surface area (Å²) in [5, 5.41) is 2.05. The van der Waals surface area contributed by atoms with E-state index in [4.69, 9.17) is 10.7 Å². The maximum Gasteiger partial charge on any atom is 0.164 e. The third-order valence-electron chi connectivity index (χ3n) is 5.69. The first kappa shape index (κ1) is 18.4. The number of aromatic nitrogens is 4. The highest BCUT2D eigenvalue weighted by Crippen LogP contribution is 2.28. The van der Waals surface area contributed by atoms with Gasteiger partial charge in [-0.25, -0.2) is 15.0 Å². The third-order valence-corrected chi connectivity index (χ3v) is 5.69. The SMILES string of the molecule is Cc1ccccc1N1C=c2c(C)cccc2=NC1C(N)n1cnc2c(C)ncnc21. The van der Waals surface area contributed by atoms with Gasteiger partial charge in [-0.2, -0.15) is 0 Å². The Balaban J connectivity index is 1.71. The van der Waals surface area contributed by atoms with Gasteiger partial charge >= 0.3 is 0 Å². The second-order valence-corrected chi connectivity index (χ2v) is 7.65. The number of hydrogen-bond donors (Lipinski definition) is 1. The summed E-state index contributed by atoms with van der Waals surface area (Å²) in [4.78, 5) is 20.4. The quantitative estimate of drug-likeness (QED) is 0.572. The number of nitrogens with zero attached hydrogens (tertiary/aromatic N) is 6. The molecule has 2 aromatic heterocycles. The molecule has 7 heteroatoms. The summed E-state index contributed by atoms with van der Waals surface area (Å²) in [5.41, 5.74) is 12.5. The summed E-state index contributed by atoms with van der Waals surface area (Å²) in [6.07, 6.45) is 4.59. The van der Waals surface area contributed by atoms with Crippen LogP contribution in [0.4, 0.5) is 5.69 Å². The van der Waals surface area contributed by atoms with Gasteiger partial charge in [0.05, 0.1) is 17.4 Å². The molecule has 0 spiro atoms. The number of hydrogen-bond acceptors (Lipinski definition) is 6. The van der Waals surface area contributed by atoms with Crippen molar-refractivity contribution in [3.63, 3.8) is 0 Å². The number of para-hydroxylation sites is 1. The van der Waals surface area contributed by atoms with E-state index in [1.54, 1.807) is 12.7 Å². The highest BCUT2D eigenvalue weighted by atomic mass is 15.3. The van der Waals surface area contributed by atoms with Crippen molar-refractivity contribution in [1.82, 2.24) is 19.5 Å². The molecule has 5 rings (SSSR count). The lowest BCUT2D eigenvalue weighted by atomic mass is 10.1. The maximum atomic E-state index is 6.81. The van der Waals surface area contributed by atoms with Gasteiger partial charge < -0.3 is 10.6 Å². The molecule has 2 N–H and O–H groups in total. The van der Waals surface area contributed by atoms with Crippen molar-refractivity contribution in [3.8, 4) is 0 Å². The monoisotopic (exact) mass is 397 g/mol. The molecule has 0 radical (unpaired) electrons. The van der Waals surface area contributed by atoms with Crippen LogP contribution in [0.5, 0.6) is 0 Å². The minimum absolute atomic E-state index is 0.354. The molecule has 1 aliphatic rings. The maximum absolute atomic E-state index is 6.81. The van der Waals surface area contributed by atoms with Crippen molar-refractivity contribution in [2.75, 3.05) is 4.90 Å². The Bertz CT molecular complexity index is 1370. The van der Waals surface area contributed by atoms with Gasteiger partial charge in [0, 0.05) is 17.1 Å². The van der Waals surface area contributed by atoms with E-state index < -0.39 is 6.17 Å². The Morgan fingerprint density at radius 1 is 0.933 bits per heavy atom. The largest absolute Gasteiger partial charge is 0.321 e. The predicted octanol–water partition coefficient (Wildman–Crippen LogP) is 2.11. The van der Waals surface area contributed by atoms with Crippen LogP contribution in [0.25, 0.3) is 17.4 Å². The average molecular weight is 397 g/mol. The van der Waals surface area contributed by atoms with Gasteiger partial charge in [-0.05, 0) is 44.0 Å². The second kappa shape index (κ2) is 7.03. The molecular weight excluding hydrogens is 374 g/mol. The normalized spacial score (nSPS) is 16.7. The van der Waals surface area contributed by atoms with Crippen LogP contribution in [-0.4, -0.2) is 25.7 Å². The topological polar surface area (TPSA) is 85.2 Å². The lowest BCUT2D eigenvalue weighted by molar-refractivity contribution is 0.427. The van der Waals surface area contributed by atoms with Crippen molar-refractivity contribution in [2.45, 2.75) is 33.1 Å².